The molecule has 0 amide bonds. The van der Waals surface area contributed by atoms with Crippen molar-refractivity contribution in [3.63, 3.8) is 0 Å². The molecule has 3 N–H and O–H groups in total. The molecule has 152 valence electrons. The van der Waals surface area contributed by atoms with Crippen LogP contribution in [0, 0.1) is 0 Å². The van der Waals surface area contributed by atoms with Crippen LogP contribution in [0.15, 0.2) is 93.1 Å². The number of hydrogen-bond donors (Lipinski definition) is 3. The molecule has 0 radical (unpaired) electrons. The van der Waals surface area contributed by atoms with Gasteiger partial charge in [-0.15, -0.1) is 10.2 Å². The normalized spacial score (nSPS) is 15.4. The number of fused-ring (bicyclic) bond motifs is 1. The summed E-state index contributed by atoms with van der Waals surface area (Å²) in [6, 6.07) is 22.1. The first-order valence-corrected chi connectivity index (χ1v) is 9.56. The van der Waals surface area contributed by atoms with Crippen LogP contribution in [0.1, 0.15) is 16.7 Å². The molecule has 0 spiro atoms. The number of benzene rings is 3. The van der Waals surface area contributed by atoms with Crippen molar-refractivity contribution >= 4 is 23.1 Å². The fraction of sp³-hybridized carbons (Fsp3) is 0.0435. The number of aliphatic imine (C=N–C) groups is 1. The number of phenolic OH excluding ortho intramolecular Hbond substituents is 3. The highest BCUT2D eigenvalue weighted by molar-refractivity contribution is 6.55. The van der Waals surface area contributed by atoms with Crippen molar-refractivity contribution in [3.8, 4) is 17.2 Å². The molecule has 0 unspecified atom stereocenters. The molecular formula is C23H17N5O3. The van der Waals surface area contributed by atoms with Crippen molar-refractivity contribution in [1.82, 2.24) is 5.01 Å². The molecule has 3 aromatic carbocycles. The van der Waals surface area contributed by atoms with Crippen molar-refractivity contribution in [1.29, 1.82) is 0 Å². The van der Waals surface area contributed by atoms with E-state index in [4.69, 9.17) is 10.1 Å². The minimum Gasteiger partial charge on any atom is -0.504 e. The third kappa shape index (κ3) is 3.40. The maximum Gasteiger partial charge on any atom is 0.266 e. The quantitative estimate of drug-likeness (QED) is 0.575. The van der Waals surface area contributed by atoms with Gasteiger partial charge in [-0.1, -0.05) is 60.7 Å². The summed E-state index contributed by atoms with van der Waals surface area (Å²) in [5.74, 6) is -1.12. The Hall–Kier alpha value is -4.46. The Labute approximate surface area is 177 Å². The molecule has 0 fully saturated rings. The minimum atomic E-state index is -0.580. The molecule has 31 heavy (non-hydrogen) atoms. The summed E-state index contributed by atoms with van der Waals surface area (Å²) in [6.45, 7) is 0.227. The second-order valence-electron chi connectivity index (χ2n) is 7.01. The largest absolute Gasteiger partial charge is 0.504 e. The van der Waals surface area contributed by atoms with Gasteiger partial charge in [0.2, 0.25) is 0 Å². The third-order valence-electron chi connectivity index (χ3n) is 4.94. The first kappa shape index (κ1) is 18.6. The van der Waals surface area contributed by atoms with Gasteiger partial charge in [-0.05, 0) is 12.1 Å². The number of guanidine groups is 1. The SMILES string of the molecule is Oc1cc(C2=NN=C3N=C(c4ccccc4)C(c4ccccc4)=NN3C2)cc(O)c1O. The van der Waals surface area contributed by atoms with Gasteiger partial charge in [-0.25, -0.2) is 10.0 Å². The van der Waals surface area contributed by atoms with E-state index in [9.17, 15) is 15.3 Å². The highest BCUT2D eigenvalue weighted by Crippen LogP contribution is 2.36. The number of aromatic hydroxyl groups is 3. The molecule has 5 rings (SSSR count). The molecule has 2 heterocycles. The van der Waals surface area contributed by atoms with E-state index in [1.807, 2.05) is 60.7 Å². The van der Waals surface area contributed by atoms with Crippen molar-refractivity contribution < 1.29 is 15.3 Å². The molecule has 8 nitrogen and oxygen atoms in total. The Bertz CT molecular complexity index is 1260. The molecule has 0 bridgehead atoms. The highest BCUT2D eigenvalue weighted by atomic mass is 16.3. The van der Waals surface area contributed by atoms with Gasteiger partial charge in [0.25, 0.3) is 5.96 Å². The zero-order chi connectivity index (χ0) is 21.4. The maximum atomic E-state index is 9.83. The standard InChI is InChI=1S/C23H17N5O3/c29-18-11-16(12-19(30)22(18)31)17-13-28-23(26-25-17)24-20(14-7-3-1-4-8-14)21(27-28)15-9-5-2-6-10-15/h1-12,29-31H,13H2. The van der Waals surface area contributed by atoms with Crippen LogP contribution in [0.5, 0.6) is 17.2 Å². The Morgan fingerprint density at radius 1 is 0.677 bits per heavy atom. The van der Waals surface area contributed by atoms with Crippen LogP contribution < -0.4 is 0 Å². The van der Waals surface area contributed by atoms with Crippen LogP contribution in [0.25, 0.3) is 0 Å². The average molecular weight is 411 g/mol. The molecular weight excluding hydrogens is 394 g/mol. The molecule has 2 aliphatic heterocycles. The van der Waals surface area contributed by atoms with Gasteiger partial charge in [0.15, 0.2) is 17.2 Å². The molecule has 2 aliphatic rings. The fourth-order valence-electron chi connectivity index (χ4n) is 3.39. The van der Waals surface area contributed by atoms with E-state index >= 15 is 0 Å². The van der Waals surface area contributed by atoms with Gasteiger partial charge in [0.05, 0.1) is 12.3 Å². The second-order valence-corrected chi connectivity index (χ2v) is 7.01. The molecule has 8 heteroatoms. The van der Waals surface area contributed by atoms with E-state index < -0.39 is 17.2 Å². The van der Waals surface area contributed by atoms with Crippen LogP contribution in [0.3, 0.4) is 0 Å². The van der Waals surface area contributed by atoms with Crippen molar-refractivity contribution in [2.45, 2.75) is 0 Å². The predicted octanol–water partition coefficient (Wildman–Crippen LogP) is 3.09. The summed E-state index contributed by atoms with van der Waals surface area (Å²) in [7, 11) is 0. The minimum absolute atomic E-state index is 0.227. The van der Waals surface area contributed by atoms with Crippen LogP contribution >= 0.6 is 0 Å². The van der Waals surface area contributed by atoms with E-state index in [1.54, 1.807) is 5.01 Å². The van der Waals surface area contributed by atoms with Crippen LogP contribution in [-0.2, 0) is 0 Å². The summed E-state index contributed by atoms with van der Waals surface area (Å²) in [6.07, 6.45) is 0. The molecule has 0 aromatic heterocycles. The van der Waals surface area contributed by atoms with E-state index in [0.717, 1.165) is 11.1 Å². The second kappa shape index (κ2) is 7.42. The average Bonchev–Trinajstić information content (AvgIpc) is 2.82. The van der Waals surface area contributed by atoms with Gasteiger partial charge in [-0.3, -0.25) is 0 Å². The van der Waals surface area contributed by atoms with Crippen molar-refractivity contribution in [2.24, 2.45) is 20.3 Å². The number of nitrogens with zero attached hydrogens (tertiary/aromatic N) is 5. The zero-order valence-corrected chi connectivity index (χ0v) is 16.2. The lowest BCUT2D eigenvalue weighted by molar-refractivity contribution is 0.367. The smallest absolute Gasteiger partial charge is 0.266 e. The fourth-order valence-corrected chi connectivity index (χ4v) is 3.39. The van der Waals surface area contributed by atoms with Crippen molar-refractivity contribution in [3.05, 3.63) is 89.5 Å². The maximum absolute atomic E-state index is 9.83. The summed E-state index contributed by atoms with van der Waals surface area (Å²) < 4.78 is 0. The van der Waals surface area contributed by atoms with E-state index in [0.29, 0.717) is 28.7 Å². The van der Waals surface area contributed by atoms with Crippen LogP contribution in [0.4, 0.5) is 0 Å². The Morgan fingerprint density at radius 3 is 1.87 bits per heavy atom. The van der Waals surface area contributed by atoms with Gasteiger partial charge in [0, 0.05) is 16.7 Å². The van der Waals surface area contributed by atoms with E-state index in [1.165, 1.54) is 12.1 Å². The number of rotatable bonds is 3. The summed E-state index contributed by atoms with van der Waals surface area (Å²) in [4.78, 5) is 4.73. The lowest BCUT2D eigenvalue weighted by Gasteiger charge is -2.27. The Kier molecular flexibility index (Phi) is 4.44. The number of hydrogen-bond acceptors (Lipinski definition) is 8. The molecule has 0 saturated heterocycles. The summed E-state index contributed by atoms with van der Waals surface area (Å²) in [5.41, 5.74) is 4.10. The molecule has 0 saturated carbocycles. The lowest BCUT2D eigenvalue weighted by atomic mass is 9.99. The topological polar surface area (TPSA) is 113 Å². The third-order valence-corrected chi connectivity index (χ3v) is 4.94. The van der Waals surface area contributed by atoms with Gasteiger partial charge in [0.1, 0.15) is 11.4 Å². The van der Waals surface area contributed by atoms with Gasteiger partial charge >= 0.3 is 0 Å². The first-order chi connectivity index (χ1) is 15.1. The Morgan fingerprint density at radius 2 is 1.26 bits per heavy atom. The van der Waals surface area contributed by atoms with Crippen molar-refractivity contribution in [2.75, 3.05) is 6.54 Å². The lowest BCUT2D eigenvalue weighted by Crippen LogP contribution is -2.40. The Balaban J connectivity index is 1.59. The summed E-state index contributed by atoms with van der Waals surface area (Å²) >= 11 is 0. The van der Waals surface area contributed by atoms with E-state index in [-0.39, 0.29) is 6.54 Å². The first-order valence-electron chi connectivity index (χ1n) is 9.56. The number of phenols is 3. The number of hydrazone groups is 1. The van der Waals surface area contributed by atoms with Crippen LogP contribution in [0.2, 0.25) is 0 Å². The molecule has 3 aromatic rings. The van der Waals surface area contributed by atoms with Crippen LogP contribution in [-0.4, -0.2) is 50.0 Å². The van der Waals surface area contributed by atoms with E-state index in [2.05, 4.69) is 10.2 Å². The molecule has 0 aliphatic carbocycles. The van der Waals surface area contributed by atoms with Gasteiger partial charge in [-0.2, -0.15) is 5.10 Å². The monoisotopic (exact) mass is 411 g/mol. The highest BCUT2D eigenvalue weighted by Gasteiger charge is 2.28. The summed E-state index contributed by atoms with van der Waals surface area (Å²) in [5, 5.41) is 44.1. The molecule has 0 atom stereocenters. The predicted molar refractivity (Wildman–Crippen MR) is 118 cm³/mol. The van der Waals surface area contributed by atoms with Gasteiger partial charge < -0.3 is 15.3 Å². The zero-order valence-electron chi connectivity index (χ0n) is 16.2.